The molecular formula is C19H26N2O4. The molecular weight excluding hydrogens is 320 g/mol. The number of carbonyl (C=O) groups excluding carboxylic acids is 3. The lowest BCUT2D eigenvalue weighted by Gasteiger charge is -2.32. The van der Waals surface area contributed by atoms with Crippen LogP contribution in [0.5, 0.6) is 0 Å². The first-order valence-electron chi connectivity index (χ1n) is 8.81. The third kappa shape index (κ3) is 5.59. The lowest BCUT2D eigenvalue weighted by atomic mass is 9.97. The number of benzene rings is 1. The molecule has 1 aromatic carbocycles. The molecule has 0 aliphatic carbocycles. The summed E-state index contributed by atoms with van der Waals surface area (Å²) in [5, 5.41) is 2.84. The van der Waals surface area contributed by atoms with E-state index in [1.165, 1.54) is 0 Å². The molecule has 25 heavy (non-hydrogen) atoms. The van der Waals surface area contributed by atoms with Crippen LogP contribution in [0.4, 0.5) is 0 Å². The second kappa shape index (κ2) is 9.20. The maximum absolute atomic E-state index is 12.5. The van der Waals surface area contributed by atoms with Crippen LogP contribution in [0.1, 0.15) is 43.5 Å². The summed E-state index contributed by atoms with van der Waals surface area (Å²) in [6.07, 6.45) is 1.76. The molecule has 2 atom stereocenters. The highest BCUT2D eigenvalue weighted by Crippen LogP contribution is 2.19. The van der Waals surface area contributed by atoms with E-state index in [0.717, 1.165) is 12.8 Å². The lowest BCUT2D eigenvalue weighted by Crippen LogP contribution is -2.45. The van der Waals surface area contributed by atoms with Gasteiger partial charge in [-0.2, -0.15) is 0 Å². The minimum atomic E-state index is -0.275. The zero-order valence-electron chi connectivity index (χ0n) is 14.9. The van der Waals surface area contributed by atoms with Crippen molar-refractivity contribution in [2.75, 3.05) is 19.7 Å². The first-order chi connectivity index (χ1) is 12.0. The normalized spacial score (nSPS) is 18.3. The first kappa shape index (κ1) is 19.0. The van der Waals surface area contributed by atoms with Gasteiger partial charge >= 0.3 is 5.97 Å². The maximum atomic E-state index is 12.5. The van der Waals surface area contributed by atoms with E-state index < -0.39 is 0 Å². The third-order valence-corrected chi connectivity index (χ3v) is 4.29. The third-order valence-electron chi connectivity index (χ3n) is 4.29. The maximum Gasteiger partial charge on any atom is 0.310 e. The van der Waals surface area contributed by atoms with Crippen molar-refractivity contribution in [3.63, 3.8) is 0 Å². The molecule has 2 rings (SSSR count). The van der Waals surface area contributed by atoms with Crippen LogP contribution in [-0.2, 0) is 14.3 Å². The van der Waals surface area contributed by atoms with Gasteiger partial charge in [0, 0.05) is 31.1 Å². The molecule has 2 amide bonds. The second-order valence-electron chi connectivity index (χ2n) is 6.38. The summed E-state index contributed by atoms with van der Waals surface area (Å²) in [6.45, 7) is 4.99. The van der Waals surface area contributed by atoms with Gasteiger partial charge in [-0.15, -0.1) is 0 Å². The van der Waals surface area contributed by atoms with Crippen LogP contribution in [0, 0.1) is 5.92 Å². The Morgan fingerprint density at radius 3 is 2.68 bits per heavy atom. The Kier molecular flexibility index (Phi) is 6.98. The Morgan fingerprint density at radius 2 is 2.00 bits per heavy atom. The molecule has 0 saturated carbocycles. The average molecular weight is 346 g/mol. The van der Waals surface area contributed by atoms with E-state index in [1.54, 1.807) is 36.1 Å². The standard InChI is InChI=1S/C19H26N2O4/c1-3-25-19(24)16-10-7-11-21(13-16)17(22)12-14(2)20-18(23)15-8-5-4-6-9-15/h4-6,8-9,14,16H,3,7,10-13H2,1-2H3,(H,20,23)/t14-,16+/m0/s1. The molecule has 1 aromatic rings. The smallest absolute Gasteiger partial charge is 0.310 e. The summed E-state index contributed by atoms with van der Waals surface area (Å²) >= 11 is 0. The number of rotatable bonds is 6. The van der Waals surface area contributed by atoms with Crippen molar-refractivity contribution in [2.24, 2.45) is 5.92 Å². The van der Waals surface area contributed by atoms with E-state index in [4.69, 9.17) is 4.74 Å². The Bertz CT molecular complexity index is 603. The van der Waals surface area contributed by atoms with Gasteiger partial charge in [0.1, 0.15) is 0 Å². The SMILES string of the molecule is CCOC(=O)[C@@H]1CCCN(C(=O)C[C@H](C)NC(=O)c2ccccc2)C1. The van der Waals surface area contributed by atoms with E-state index >= 15 is 0 Å². The zero-order valence-corrected chi connectivity index (χ0v) is 14.9. The Hall–Kier alpha value is -2.37. The van der Waals surface area contributed by atoms with Gasteiger partial charge in [-0.1, -0.05) is 18.2 Å². The first-order valence-corrected chi connectivity index (χ1v) is 8.81. The predicted molar refractivity (Wildman–Crippen MR) is 93.9 cm³/mol. The van der Waals surface area contributed by atoms with Crippen LogP contribution >= 0.6 is 0 Å². The molecule has 1 heterocycles. The van der Waals surface area contributed by atoms with E-state index in [9.17, 15) is 14.4 Å². The number of likely N-dealkylation sites (tertiary alicyclic amines) is 1. The number of hydrogen-bond acceptors (Lipinski definition) is 4. The molecule has 1 aliphatic rings. The van der Waals surface area contributed by atoms with Gasteiger partial charge in [0.15, 0.2) is 0 Å². The summed E-state index contributed by atoms with van der Waals surface area (Å²) in [5.74, 6) is -0.712. The van der Waals surface area contributed by atoms with Crippen molar-refractivity contribution in [1.29, 1.82) is 0 Å². The Labute approximate surface area is 148 Å². The fourth-order valence-corrected chi connectivity index (χ4v) is 2.99. The molecule has 6 heteroatoms. The van der Waals surface area contributed by atoms with E-state index in [-0.39, 0.29) is 36.2 Å². The van der Waals surface area contributed by atoms with Crippen molar-refractivity contribution < 1.29 is 19.1 Å². The van der Waals surface area contributed by atoms with Gasteiger partial charge in [-0.3, -0.25) is 14.4 Å². The minimum Gasteiger partial charge on any atom is -0.466 e. The van der Waals surface area contributed by atoms with E-state index in [2.05, 4.69) is 5.32 Å². The molecule has 1 aliphatic heterocycles. The molecule has 1 fully saturated rings. The fourth-order valence-electron chi connectivity index (χ4n) is 2.99. The number of amides is 2. The summed E-state index contributed by atoms with van der Waals surface area (Å²) in [4.78, 5) is 38.2. The van der Waals surface area contributed by atoms with Crippen molar-refractivity contribution in [3.05, 3.63) is 35.9 Å². The van der Waals surface area contributed by atoms with Crippen molar-refractivity contribution in [1.82, 2.24) is 10.2 Å². The van der Waals surface area contributed by atoms with Crippen LogP contribution in [0.25, 0.3) is 0 Å². The number of nitrogens with zero attached hydrogens (tertiary/aromatic N) is 1. The molecule has 0 radical (unpaired) electrons. The molecule has 0 spiro atoms. The number of esters is 1. The highest BCUT2D eigenvalue weighted by molar-refractivity contribution is 5.94. The van der Waals surface area contributed by atoms with Crippen LogP contribution in [-0.4, -0.2) is 48.4 Å². The molecule has 0 unspecified atom stereocenters. The van der Waals surface area contributed by atoms with Gasteiger partial charge in [-0.25, -0.2) is 0 Å². The quantitative estimate of drug-likeness (QED) is 0.800. The van der Waals surface area contributed by atoms with Crippen LogP contribution < -0.4 is 5.32 Å². The molecule has 6 nitrogen and oxygen atoms in total. The predicted octanol–water partition coefficient (Wildman–Crippen LogP) is 2.00. The van der Waals surface area contributed by atoms with E-state index in [0.29, 0.717) is 25.3 Å². The topological polar surface area (TPSA) is 75.7 Å². The monoisotopic (exact) mass is 346 g/mol. The van der Waals surface area contributed by atoms with Crippen molar-refractivity contribution >= 4 is 17.8 Å². The number of ether oxygens (including phenoxy) is 1. The number of piperidine rings is 1. The molecule has 1 saturated heterocycles. The largest absolute Gasteiger partial charge is 0.466 e. The zero-order chi connectivity index (χ0) is 18.2. The van der Waals surface area contributed by atoms with Crippen LogP contribution in [0.3, 0.4) is 0 Å². The highest BCUT2D eigenvalue weighted by Gasteiger charge is 2.29. The molecule has 136 valence electrons. The molecule has 0 aromatic heterocycles. The summed E-state index contributed by atoms with van der Waals surface area (Å²) in [6, 6.07) is 8.64. The fraction of sp³-hybridized carbons (Fsp3) is 0.526. The average Bonchev–Trinajstić information content (AvgIpc) is 2.62. The minimum absolute atomic E-state index is 0.0464. The summed E-state index contributed by atoms with van der Waals surface area (Å²) in [5.41, 5.74) is 0.571. The van der Waals surface area contributed by atoms with Gasteiger partial charge < -0.3 is 15.0 Å². The van der Waals surface area contributed by atoms with Gasteiger partial charge in [0.25, 0.3) is 5.91 Å². The lowest BCUT2D eigenvalue weighted by molar-refractivity contribution is -0.151. The number of carbonyl (C=O) groups is 3. The van der Waals surface area contributed by atoms with Crippen molar-refractivity contribution in [3.8, 4) is 0 Å². The van der Waals surface area contributed by atoms with Gasteiger partial charge in [-0.05, 0) is 38.8 Å². The highest BCUT2D eigenvalue weighted by atomic mass is 16.5. The Balaban J connectivity index is 1.84. The number of hydrogen-bond donors (Lipinski definition) is 1. The van der Waals surface area contributed by atoms with Crippen LogP contribution in [0.2, 0.25) is 0 Å². The molecule has 1 N–H and O–H groups in total. The van der Waals surface area contributed by atoms with Gasteiger partial charge in [0.2, 0.25) is 5.91 Å². The van der Waals surface area contributed by atoms with Crippen LogP contribution in [0.15, 0.2) is 30.3 Å². The summed E-state index contributed by atoms with van der Waals surface area (Å²) < 4.78 is 5.06. The Morgan fingerprint density at radius 1 is 1.28 bits per heavy atom. The van der Waals surface area contributed by atoms with Gasteiger partial charge in [0.05, 0.1) is 12.5 Å². The number of nitrogens with one attached hydrogen (secondary N) is 1. The van der Waals surface area contributed by atoms with E-state index in [1.807, 2.05) is 13.0 Å². The summed E-state index contributed by atoms with van der Waals surface area (Å²) in [7, 11) is 0. The second-order valence-corrected chi connectivity index (χ2v) is 6.38. The van der Waals surface area contributed by atoms with Crippen molar-refractivity contribution in [2.45, 2.75) is 39.2 Å². The molecule has 0 bridgehead atoms.